The van der Waals surface area contributed by atoms with Crippen LogP contribution in [0.4, 0.5) is 0 Å². The second kappa shape index (κ2) is 4.25. The molecule has 1 aromatic carbocycles. The van der Waals surface area contributed by atoms with Crippen molar-refractivity contribution in [2.24, 2.45) is 0 Å². The Bertz CT molecular complexity index is 493. The van der Waals surface area contributed by atoms with Crippen LogP contribution in [-0.2, 0) is 21.6 Å². The average Bonchev–Trinajstić information content (AvgIpc) is 2.77. The molecule has 1 aliphatic carbocycles. The van der Waals surface area contributed by atoms with Crippen LogP contribution >= 0.6 is 0 Å². The molecule has 0 radical (unpaired) electrons. The fourth-order valence-electron chi connectivity index (χ4n) is 3.07. The molecule has 3 rings (SSSR count). The number of nitrogens with zero attached hydrogens (tertiary/aromatic N) is 1. The molecule has 0 aromatic heterocycles. The number of amides is 1. The van der Waals surface area contributed by atoms with E-state index in [0.29, 0.717) is 19.7 Å². The molecule has 94 valence electrons. The van der Waals surface area contributed by atoms with E-state index in [9.17, 15) is 4.79 Å². The Balaban J connectivity index is 1.92. The first-order valence-electron chi connectivity index (χ1n) is 6.39. The highest BCUT2D eigenvalue weighted by molar-refractivity contribution is 5.87. The van der Waals surface area contributed by atoms with Gasteiger partial charge in [0.2, 0.25) is 5.91 Å². The maximum atomic E-state index is 11.8. The average molecular weight is 243 g/mol. The van der Waals surface area contributed by atoms with Crippen molar-refractivity contribution in [2.45, 2.75) is 18.4 Å². The third kappa shape index (κ3) is 1.66. The summed E-state index contributed by atoms with van der Waals surface area (Å²) in [6.45, 7) is 5.48. The molecule has 1 atom stereocenters. The summed E-state index contributed by atoms with van der Waals surface area (Å²) in [6.07, 6.45) is 3.39. The number of aryl methyl sites for hydroxylation is 1. The summed E-state index contributed by atoms with van der Waals surface area (Å²) < 4.78 is 6.05. The highest BCUT2D eigenvalue weighted by Crippen LogP contribution is 2.42. The molecule has 0 saturated carbocycles. The monoisotopic (exact) mass is 243 g/mol. The molecule has 18 heavy (non-hydrogen) atoms. The molecular formula is C15H17NO2. The van der Waals surface area contributed by atoms with E-state index in [1.807, 2.05) is 11.0 Å². The quantitative estimate of drug-likeness (QED) is 0.705. The molecule has 1 saturated heterocycles. The lowest BCUT2D eigenvalue weighted by Gasteiger charge is -2.40. The fourth-order valence-corrected chi connectivity index (χ4v) is 3.07. The standard InChI is InChI=1S/C15H17NO2/c1-2-14(17)16-9-10-18-15(11-16)8-7-12-5-3-4-6-13(12)15/h2-6H,1,7-11H2/t15-/m0/s1. The minimum absolute atomic E-state index is 0.00190. The van der Waals surface area contributed by atoms with E-state index in [2.05, 4.69) is 24.8 Å². The van der Waals surface area contributed by atoms with Gasteiger partial charge in [-0.3, -0.25) is 4.79 Å². The van der Waals surface area contributed by atoms with Crippen molar-refractivity contribution in [1.82, 2.24) is 4.90 Å². The van der Waals surface area contributed by atoms with Crippen molar-refractivity contribution in [1.29, 1.82) is 0 Å². The Morgan fingerprint density at radius 3 is 3.11 bits per heavy atom. The van der Waals surface area contributed by atoms with Gasteiger partial charge >= 0.3 is 0 Å². The van der Waals surface area contributed by atoms with Crippen molar-refractivity contribution < 1.29 is 9.53 Å². The first kappa shape index (κ1) is 11.5. The van der Waals surface area contributed by atoms with E-state index in [1.54, 1.807) is 0 Å². The van der Waals surface area contributed by atoms with Gasteiger partial charge in [-0.1, -0.05) is 30.8 Å². The van der Waals surface area contributed by atoms with Crippen LogP contribution in [0.5, 0.6) is 0 Å². The highest BCUT2D eigenvalue weighted by atomic mass is 16.5. The zero-order valence-corrected chi connectivity index (χ0v) is 10.4. The number of hydrogen-bond acceptors (Lipinski definition) is 2. The predicted octanol–water partition coefficient (Wildman–Crippen LogP) is 1.87. The molecule has 1 spiro atoms. The molecule has 0 unspecified atom stereocenters. The summed E-state index contributed by atoms with van der Waals surface area (Å²) in [4.78, 5) is 13.6. The van der Waals surface area contributed by atoms with Gasteiger partial charge in [0, 0.05) is 6.54 Å². The number of carbonyl (C=O) groups is 1. The minimum Gasteiger partial charge on any atom is -0.367 e. The van der Waals surface area contributed by atoms with Crippen LogP contribution < -0.4 is 0 Å². The van der Waals surface area contributed by atoms with E-state index < -0.39 is 0 Å². The number of rotatable bonds is 1. The highest BCUT2D eigenvalue weighted by Gasteiger charge is 2.43. The van der Waals surface area contributed by atoms with E-state index >= 15 is 0 Å². The molecule has 1 aromatic rings. The molecule has 2 aliphatic rings. The summed E-state index contributed by atoms with van der Waals surface area (Å²) in [7, 11) is 0. The minimum atomic E-state index is -0.284. The van der Waals surface area contributed by atoms with Crippen LogP contribution in [0.3, 0.4) is 0 Å². The van der Waals surface area contributed by atoms with E-state index in [4.69, 9.17) is 4.74 Å². The van der Waals surface area contributed by atoms with E-state index in [1.165, 1.54) is 17.2 Å². The lowest BCUT2D eigenvalue weighted by atomic mass is 9.93. The molecule has 1 amide bonds. The van der Waals surface area contributed by atoms with Gasteiger partial charge < -0.3 is 9.64 Å². The van der Waals surface area contributed by atoms with Gasteiger partial charge in [-0.25, -0.2) is 0 Å². The zero-order valence-electron chi connectivity index (χ0n) is 10.4. The largest absolute Gasteiger partial charge is 0.367 e. The second-order valence-electron chi connectivity index (χ2n) is 4.96. The Morgan fingerprint density at radius 2 is 2.28 bits per heavy atom. The molecule has 3 nitrogen and oxygen atoms in total. The van der Waals surface area contributed by atoms with Crippen molar-refractivity contribution in [2.75, 3.05) is 19.7 Å². The Hall–Kier alpha value is -1.61. The van der Waals surface area contributed by atoms with Gasteiger partial charge in [0.1, 0.15) is 5.60 Å². The van der Waals surface area contributed by atoms with Crippen molar-refractivity contribution in [3.63, 3.8) is 0 Å². The third-order valence-corrected chi connectivity index (χ3v) is 3.98. The molecule has 0 bridgehead atoms. The Labute approximate surface area is 107 Å². The van der Waals surface area contributed by atoms with Crippen LogP contribution in [-0.4, -0.2) is 30.5 Å². The normalized spacial score (nSPS) is 26.1. The summed E-state index contributed by atoms with van der Waals surface area (Å²) in [5, 5.41) is 0. The number of hydrogen-bond donors (Lipinski definition) is 0. The number of benzene rings is 1. The SMILES string of the molecule is C=CC(=O)N1CCO[C@@]2(CCc3ccccc32)C1. The van der Waals surface area contributed by atoms with Crippen molar-refractivity contribution in [3.8, 4) is 0 Å². The van der Waals surface area contributed by atoms with Gasteiger partial charge in [0.15, 0.2) is 0 Å². The van der Waals surface area contributed by atoms with Crippen molar-refractivity contribution >= 4 is 5.91 Å². The first-order valence-corrected chi connectivity index (χ1v) is 6.39. The molecule has 3 heteroatoms. The Kier molecular flexibility index (Phi) is 2.71. The van der Waals surface area contributed by atoms with Crippen LogP contribution in [0.2, 0.25) is 0 Å². The number of carbonyl (C=O) groups excluding carboxylic acids is 1. The van der Waals surface area contributed by atoms with E-state index in [-0.39, 0.29) is 11.5 Å². The predicted molar refractivity (Wildman–Crippen MR) is 69.2 cm³/mol. The molecular weight excluding hydrogens is 226 g/mol. The van der Waals surface area contributed by atoms with Gasteiger partial charge in [-0.2, -0.15) is 0 Å². The van der Waals surface area contributed by atoms with Crippen molar-refractivity contribution in [3.05, 3.63) is 48.0 Å². The van der Waals surface area contributed by atoms with Crippen LogP contribution in [0.15, 0.2) is 36.9 Å². The first-order chi connectivity index (χ1) is 8.75. The summed E-state index contributed by atoms with van der Waals surface area (Å²) in [5.41, 5.74) is 2.32. The van der Waals surface area contributed by atoms with E-state index in [0.717, 1.165) is 12.8 Å². The zero-order chi connectivity index (χ0) is 12.6. The van der Waals surface area contributed by atoms with Gasteiger partial charge in [-0.15, -0.1) is 0 Å². The smallest absolute Gasteiger partial charge is 0.246 e. The maximum Gasteiger partial charge on any atom is 0.246 e. The Morgan fingerprint density at radius 1 is 1.44 bits per heavy atom. The van der Waals surface area contributed by atoms with Gasteiger partial charge in [0.25, 0.3) is 0 Å². The lowest BCUT2D eigenvalue weighted by molar-refractivity contribution is -0.147. The van der Waals surface area contributed by atoms with Gasteiger partial charge in [-0.05, 0) is 30.0 Å². The molecule has 1 fully saturated rings. The van der Waals surface area contributed by atoms with Crippen LogP contribution in [0, 0.1) is 0 Å². The summed E-state index contributed by atoms with van der Waals surface area (Å²) >= 11 is 0. The maximum absolute atomic E-state index is 11.8. The topological polar surface area (TPSA) is 29.5 Å². The second-order valence-corrected chi connectivity index (χ2v) is 4.96. The molecule has 1 heterocycles. The number of fused-ring (bicyclic) bond motifs is 2. The van der Waals surface area contributed by atoms with Crippen LogP contribution in [0.25, 0.3) is 0 Å². The fraction of sp³-hybridized carbons (Fsp3) is 0.400. The molecule has 0 N–H and O–H groups in total. The third-order valence-electron chi connectivity index (χ3n) is 3.98. The number of morpholine rings is 1. The lowest BCUT2D eigenvalue weighted by Crippen LogP contribution is -2.50. The molecule has 1 aliphatic heterocycles. The van der Waals surface area contributed by atoms with Gasteiger partial charge in [0.05, 0.1) is 13.2 Å². The van der Waals surface area contributed by atoms with Crippen LogP contribution in [0.1, 0.15) is 17.5 Å². The number of ether oxygens (including phenoxy) is 1. The summed E-state index contributed by atoms with van der Waals surface area (Å²) in [6, 6.07) is 8.39. The summed E-state index contributed by atoms with van der Waals surface area (Å²) in [5.74, 6) is 0.00190.